The predicted octanol–water partition coefficient (Wildman–Crippen LogP) is 4.43. The van der Waals surface area contributed by atoms with Crippen molar-refractivity contribution in [2.24, 2.45) is 0 Å². The Balaban J connectivity index is 1.18. The molecule has 6 rings (SSSR count). The second-order valence-electron chi connectivity index (χ2n) is 11.6. The van der Waals surface area contributed by atoms with Gasteiger partial charge in [0.15, 0.2) is 0 Å². The maximum absolute atomic E-state index is 13.5. The number of piperidine rings is 1. The monoisotopic (exact) mass is 583 g/mol. The molecular formula is C33H41N7O3. The van der Waals surface area contributed by atoms with Crippen LogP contribution >= 0.6 is 0 Å². The third kappa shape index (κ3) is 5.77. The van der Waals surface area contributed by atoms with E-state index >= 15 is 0 Å². The number of benzene rings is 2. The maximum atomic E-state index is 13.5. The van der Waals surface area contributed by atoms with Crippen LogP contribution in [0.4, 0.5) is 28.6 Å². The Hall–Kier alpha value is -4.15. The zero-order chi connectivity index (χ0) is 30.1. The van der Waals surface area contributed by atoms with Crippen LogP contribution in [0.3, 0.4) is 0 Å². The Kier molecular flexibility index (Phi) is 8.23. The molecule has 2 aromatic carbocycles. The van der Waals surface area contributed by atoms with Crippen LogP contribution in [0, 0.1) is 0 Å². The number of rotatable bonds is 6. The summed E-state index contributed by atoms with van der Waals surface area (Å²) in [5.41, 5.74) is 4.38. The molecule has 0 unspecified atom stereocenters. The predicted molar refractivity (Wildman–Crippen MR) is 170 cm³/mol. The van der Waals surface area contributed by atoms with Crippen LogP contribution in [0.5, 0.6) is 5.75 Å². The number of likely N-dealkylation sites (tertiary alicyclic amines) is 1. The number of ether oxygens (including phenoxy) is 1. The van der Waals surface area contributed by atoms with Crippen molar-refractivity contribution in [3.05, 3.63) is 65.9 Å². The van der Waals surface area contributed by atoms with Crippen molar-refractivity contribution in [2.75, 3.05) is 82.1 Å². The first kappa shape index (κ1) is 28.9. The Morgan fingerprint density at radius 3 is 2.40 bits per heavy atom. The summed E-state index contributed by atoms with van der Waals surface area (Å²) in [6.07, 6.45) is 4.11. The summed E-state index contributed by atoms with van der Waals surface area (Å²) < 4.78 is 5.99. The number of nitrogens with zero attached hydrogens (tertiary/aromatic N) is 6. The van der Waals surface area contributed by atoms with Crippen molar-refractivity contribution < 1.29 is 14.3 Å². The van der Waals surface area contributed by atoms with E-state index in [9.17, 15) is 9.59 Å². The molecule has 10 nitrogen and oxygen atoms in total. The molecule has 0 aliphatic carbocycles. The largest absolute Gasteiger partial charge is 0.492 e. The topological polar surface area (TPSA) is 84.5 Å². The summed E-state index contributed by atoms with van der Waals surface area (Å²) in [5.74, 6) is 1.16. The highest BCUT2D eigenvalue weighted by Gasteiger charge is 2.30. The number of nitrogens with one attached hydrogen (secondary N) is 1. The van der Waals surface area contributed by atoms with E-state index in [0.717, 1.165) is 62.0 Å². The standard InChI is InChI=1S/C33H41N7O3/c1-5-43-30-20-23(32(41)40-18-16-39(17-19-40)24-12-14-36(2)15-13-24)10-11-26(30)35-31-21-28-29(22-34-31)38(4)33(42)25-8-6-7-9-27(25)37(28)3/h6-11,20-22,24H,5,12-19H2,1-4H3,(H,34,35). The third-order valence-corrected chi connectivity index (χ3v) is 8.98. The van der Waals surface area contributed by atoms with Crippen LogP contribution in [0.15, 0.2) is 54.7 Å². The lowest BCUT2D eigenvalue weighted by Gasteiger charge is -2.42. The molecule has 226 valence electrons. The quantitative estimate of drug-likeness (QED) is 0.456. The highest BCUT2D eigenvalue weighted by Crippen LogP contribution is 2.40. The van der Waals surface area contributed by atoms with E-state index in [1.54, 1.807) is 18.1 Å². The summed E-state index contributed by atoms with van der Waals surface area (Å²) in [6.45, 7) is 8.00. The summed E-state index contributed by atoms with van der Waals surface area (Å²) in [4.78, 5) is 41.8. The number of hydrogen-bond donors (Lipinski definition) is 1. The number of fused-ring (bicyclic) bond motifs is 2. The van der Waals surface area contributed by atoms with Crippen molar-refractivity contribution in [3.8, 4) is 5.75 Å². The minimum atomic E-state index is -0.0779. The lowest BCUT2D eigenvalue weighted by Crippen LogP contribution is -2.54. The van der Waals surface area contributed by atoms with Crippen molar-refractivity contribution in [2.45, 2.75) is 25.8 Å². The first-order valence-corrected chi connectivity index (χ1v) is 15.2. The van der Waals surface area contributed by atoms with E-state index in [0.29, 0.717) is 35.3 Å². The van der Waals surface area contributed by atoms with Crippen molar-refractivity contribution in [1.82, 2.24) is 19.7 Å². The fourth-order valence-electron chi connectivity index (χ4n) is 6.40. The number of aromatic nitrogens is 1. The molecule has 3 aromatic rings. The molecule has 2 amide bonds. The second kappa shape index (κ2) is 12.2. The smallest absolute Gasteiger partial charge is 0.260 e. The lowest BCUT2D eigenvalue weighted by molar-refractivity contribution is 0.0475. The van der Waals surface area contributed by atoms with Crippen LogP contribution in [-0.4, -0.2) is 105 Å². The molecule has 0 atom stereocenters. The number of pyridine rings is 1. The van der Waals surface area contributed by atoms with Gasteiger partial charge < -0.3 is 29.7 Å². The van der Waals surface area contributed by atoms with Gasteiger partial charge in [-0.25, -0.2) is 4.98 Å². The van der Waals surface area contributed by atoms with E-state index in [1.165, 1.54) is 12.8 Å². The van der Waals surface area contributed by atoms with Gasteiger partial charge >= 0.3 is 0 Å². The molecule has 2 saturated heterocycles. The molecule has 1 N–H and O–H groups in total. The zero-order valence-electron chi connectivity index (χ0n) is 25.5. The van der Waals surface area contributed by atoms with Gasteiger partial charge in [0.25, 0.3) is 11.8 Å². The molecule has 0 bridgehead atoms. The molecule has 0 saturated carbocycles. The number of hydrogen-bond acceptors (Lipinski definition) is 8. The van der Waals surface area contributed by atoms with Crippen molar-refractivity contribution in [3.63, 3.8) is 0 Å². The van der Waals surface area contributed by atoms with Crippen molar-refractivity contribution in [1.29, 1.82) is 0 Å². The number of carbonyl (C=O) groups is 2. The first-order chi connectivity index (χ1) is 20.8. The highest BCUT2D eigenvalue weighted by atomic mass is 16.5. The molecule has 3 aliphatic heterocycles. The van der Waals surface area contributed by atoms with Crippen LogP contribution in [0.1, 0.15) is 40.5 Å². The molecular weight excluding hydrogens is 542 g/mol. The lowest BCUT2D eigenvalue weighted by atomic mass is 10.0. The van der Waals surface area contributed by atoms with Gasteiger partial charge in [-0.1, -0.05) is 12.1 Å². The molecule has 0 spiro atoms. The van der Waals surface area contributed by atoms with Gasteiger partial charge in [0.05, 0.1) is 41.1 Å². The number of anilines is 5. The van der Waals surface area contributed by atoms with Crippen LogP contribution in [-0.2, 0) is 0 Å². The maximum Gasteiger partial charge on any atom is 0.260 e. The van der Waals surface area contributed by atoms with E-state index in [2.05, 4.69) is 27.1 Å². The summed E-state index contributed by atoms with van der Waals surface area (Å²) in [7, 11) is 5.91. The fourth-order valence-corrected chi connectivity index (χ4v) is 6.40. The summed E-state index contributed by atoms with van der Waals surface area (Å²) >= 11 is 0. The van der Waals surface area contributed by atoms with Crippen LogP contribution in [0.2, 0.25) is 0 Å². The first-order valence-electron chi connectivity index (χ1n) is 15.2. The van der Waals surface area contributed by atoms with E-state index in [4.69, 9.17) is 4.74 Å². The zero-order valence-corrected chi connectivity index (χ0v) is 25.5. The van der Waals surface area contributed by atoms with E-state index in [-0.39, 0.29) is 11.8 Å². The molecule has 1 aromatic heterocycles. The minimum Gasteiger partial charge on any atom is -0.492 e. The number of para-hydroxylation sites is 1. The molecule has 4 heterocycles. The molecule has 43 heavy (non-hydrogen) atoms. The van der Waals surface area contributed by atoms with Gasteiger partial charge in [-0.05, 0) is 70.2 Å². The molecule has 0 radical (unpaired) electrons. The second-order valence-corrected chi connectivity index (χ2v) is 11.6. The van der Waals surface area contributed by atoms with E-state index in [1.807, 2.05) is 72.3 Å². The average molecular weight is 584 g/mol. The molecule has 3 aliphatic rings. The normalized spacial score (nSPS) is 18.2. The summed E-state index contributed by atoms with van der Waals surface area (Å²) in [5, 5.41) is 3.39. The van der Waals surface area contributed by atoms with Crippen molar-refractivity contribution >= 4 is 40.4 Å². The number of carbonyl (C=O) groups excluding carboxylic acids is 2. The molecule has 2 fully saturated rings. The van der Waals surface area contributed by atoms with Gasteiger partial charge in [-0.15, -0.1) is 0 Å². The number of piperazine rings is 1. The Bertz CT molecular complexity index is 1500. The highest BCUT2D eigenvalue weighted by molar-refractivity contribution is 6.13. The van der Waals surface area contributed by atoms with Gasteiger partial charge in [0.2, 0.25) is 0 Å². The van der Waals surface area contributed by atoms with Gasteiger partial charge in [0.1, 0.15) is 11.6 Å². The third-order valence-electron chi connectivity index (χ3n) is 8.98. The Labute approximate surface area is 253 Å². The van der Waals surface area contributed by atoms with E-state index < -0.39 is 0 Å². The minimum absolute atomic E-state index is 0.0340. The Morgan fingerprint density at radius 2 is 1.65 bits per heavy atom. The average Bonchev–Trinajstić information content (AvgIpc) is 3.11. The summed E-state index contributed by atoms with van der Waals surface area (Å²) in [6, 6.07) is 15.7. The van der Waals surface area contributed by atoms with Gasteiger partial charge in [0, 0.05) is 57.9 Å². The fraction of sp³-hybridized carbons (Fsp3) is 0.424. The van der Waals surface area contributed by atoms with Gasteiger partial charge in [-0.2, -0.15) is 0 Å². The van der Waals surface area contributed by atoms with Gasteiger partial charge in [-0.3, -0.25) is 14.5 Å². The SMILES string of the molecule is CCOc1cc(C(=O)N2CCN(C3CCN(C)CC3)CC2)ccc1Nc1cc2c(cn1)N(C)C(=O)c1ccccc1N2C. The number of amides is 2. The molecule has 10 heteroatoms. The Morgan fingerprint density at radius 1 is 0.907 bits per heavy atom. The van der Waals surface area contributed by atoms with Crippen LogP contribution < -0.4 is 19.9 Å². The van der Waals surface area contributed by atoms with Crippen LogP contribution in [0.25, 0.3) is 0 Å².